The van der Waals surface area contributed by atoms with Crippen molar-refractivity contribution in [3.63, 3.8) is 0 Å². The molecule has 0 aliphatic heterocycles. The number of carbonyl (C=O) groups is 2. The van der Waals surface area contributed by atoms with Gasteiger partial charge in [-0.1, -0.05) is 41.9 Å². The first kappa shape index (κ1) is 22.0. The van der Waals surface area contributed by atoms with Gasteiger partial charge in [0.05, 0.1) is 10.6 Å². The van der Waals surface area contributed by atoms with E-state index in [0.717, 1.165) is 21.4 Å². The minimum absolute atomic E-state index is 0.299. The average Bonchev–Trinajstić information content (AvgIpc) is 3.22. The highest BCUT2D eigenvalue weighted by atomic mass is 35.5. The van der Waals surface area contributed by atoms with Crippen LogP contribution >= 0.6 is 23.4 Å². The molecule has 3 aromatic carbocycles. The summed E-state index contributed by atoms with van der Waals surface area (Å²) in [6.45, 7) is 0. The van der Waals surface area contributed by atoms with E-state index in [1.165, 1.54) is 0 Å². The van der Waals surface area contributed by atoms with E-state index in [1.54, 1.807) is 36.0 Å². The lowest BCUT2D eigenvalue weighted by Gasteiger charge is -2.19. The summed E-state index contributed by atoms with van der Waals surface area (Å²) in [5.41, 5.74) is 2.92. The predicted octanol–water partition coefficient (Wildman–Crippen LogP) is 5.52. The van der Waals surface area contributed by atoms with Crippen molar-refractivity contribution in [1.29, 1.82) is 0 Å². The maximum atomic E-state index is 13.2. The number of nitrogens with one attached hydrogen (secondary N) is 3. The number of hydrogen-bond acceptors (Lipinski definition) is 3. The highest BCUT2D eigenvalue weighted by molar-refractivity contribution is 7.98. The zero-order valence-corrected chi connectivity index (χ0v) is 19.0. The SMILES string of the molecule is CSc1ccc(NC(=O)C(Cc2c[nH]c3ccccc23)NC(=O)c2ccccc2Cl)cc1. The van der Waals surface area contributed by atoms with Crippen LogP contribution < -0.4 is 10.6 Å². The Balaban J connectivity index is 1.59. The standard InChI is InChI=1S/C25H22ClN3O2S/c1-32-18-12-10-17(11-13-18)28-25(31)23(29-24(30)20-7-2-4-8-21(20)26)14-16-15-27-22-9-5-3-6-19(16)22/h2-13,15,23,27H,14H2,1H3,(H,28,31)(H,29,30). The molecule has 3 N–H and O–H groups in total. The van der Waals surface area contributed by atoms with Gasteiger partial charge in [-0.25, -0.2) is 0 Å². The molecule has 5 nitrogen and oxygen atoms in total. The lowest BCUT2D eigenvalue weighted by molar-refractivity contribution is -0.118. The molecule has 7 heteroatoms. The van der Waals surface area contributed by atoms with E-state index < -0.39 is 11.9 Å². The largest absolute Gasteiger partial charge is 0.361 e. The molecule has 1 aromatic heterocycles. The molecule has 162 valence electrons. The van der Waals surface area contributed by atoms with Crippen LogP contribution in [0.25, 0.3) is 10.9 Å². The van der Waals surface area contributed by atoms with E-state index in [2.05, 4.69) is 15.6 Å². The summed E-state index contributed by atoms with van der Waals surface area (Å²) in [7, 11) is 0. The van der Waals surface area contributed by atoms with Crippen molar-refractivity contribution in [1.82, 2.24) is 10.3 Å². The van der Waals surface area contributed by atoms with Crippen molar-refractivity contribution in [2.75, 3.05) is 11.6 Å². The van der Waals surface area contributed by atoms with Crippen LogP contribution in [0.15, 0.2) is 83.9 Å². The predicted molar refractivity (Wildman–Crippen MR) is 132 cm³/mol. The molecule has 4 aromatic rings. The fourth-order valence-electron chi connectivity index (χ4n) is 3.51. The first-order valence-electron chi connectivity index (χ1n) is 10.1. The third-order valence-electron chi connectivity index (χ3n) is 5.20. The van der Waals surface area contributed by atoms with E-state index in [-0.39, 0.29) is 5.91 Å². The molecule has 0 radical (unpaired) electrons. The average molecular weight is 464 g/mol. The Bertz CT molecular complexity index is 1250. The molecule has 0 fully saturated rings. The zero-order valence-electron chi connectivity index (χ0n) is 17.4. The minimum atomic E-state index is -0.793. The first-order chi connectivity index (χ1) is 15.5. The molecule has 1 unspecified atom stereocenters. The van der Waals surface area contributed by atoms with Crippen LogP contribution in [0.5, 0.6) is 0 Å². The number of aromatic nitrogens is 1. The number of aromatic amines is 1. The number of fused-ring (bicyclic) bond motifs is 1. The van der Waals surface area contributed by atoms with Crippen molar-refractivity contribution in [2.45, 2.75) is 17.4 Å². The van der Waals surface area contributed by atoms with E-state index in [4.69, 9.17) is 11.6 Å². The number of rotatable bonds is 7. The van der Waals surface area contributed by atoms with E-state index in [0.29, 0.717) is 22.7 Å². The molecule has 4 rings (SSSR count). The number of para-hydroxylation sites is 1. The van der Waals surface area contributed by atoms with Crippen LogP contribution in [0, 0.1) is 0 Å². The Morgan fingerprint density at radius 3 is 2.47 bits per heavy atom. The quantitative estimate of drug-likeness (QED) is 0.316. The summed E-state index contributed by atoms with van der Waals surface area (Å²) in [4.78, 5) is 30.5. The second kappa shape index (κ2) is 9.94. The summed E-state index contributed by atoms with van der Waals surface area (Å²) in [5, 5.41) is 7.14. The van der Waals surface area contributed by atoms with E-state index >= 15 is 0 Å². The van der Waals surface area contributed by atoms with Gasteiger partial charge in [-0.15, -0.1) is 11.8 Å². The monoisotopic (exact) mass is 463 g/mol. The van der Waals surface area contributed by atoms with Crippen molar-refractivity contribution in [3.05, 3.63) is 95.1 Å². The molecule has 0 bridgehead atoms. The van der Waals surface area contributed by atoms with E-state index in [9.17, 15) is 9.59 Å². The fraction of sp³-hybridized carbons (Fsp3) is 0.120. The normalized spacial score (nSPS) is 11.8. The van der Waals surface area contributed by atoms with Gasteiger partial charge in [0, 0.05) is 34.1 Å². The van der Waals surface area contributed by atoms with Crippen LogP contribution in [0.3, 0.4) is 0 Å². The maximum absolute atomic E-state index is 13.2. The maximum Gasteiger partial charge on any atom is 0.253 e. The van der Waals surface area contributed by atoms with Crippen molar-refractivity contribution >= 4 is 51.8 Å². The highest BCUT2D eigenvalue weighted by Gasteiger charge is 2.24. The fourth-order valence-corrected chi connectivity index (χ4v) is 4.14. The number of H-pyrrole nitrogens is 1. The lowest BCUT2D eigenvalue weighted by atomic mass is 10.0. The van der Waals surface area contributed by atoms with Gasteiger partial charge in [0.15, 0.2) is 0 Å². The summed E-state index contributed by atoms with van der Waals surface area (Å²) in [6, 6.07) is 21.4. The van der Waals surface area contributed by atoms with Gasteiger partial charge in [-0.2, -0.15) is 0 Å². The van der Waals surface area contributed by atoms with Crippen LogP contribution in [-0.2, 0) is 11.2 Å². The third kappa shape index (κ3) is 4.98. The van der Waals surface area contributed by atoms with Crippen LogP contribution in [0.1, 0.15) is 15.9 Å². The second-order valence-electron chi connectivity index (χ2n) is 7.29. The number of halogens is 1. The Morgan fingerprint density at radius 1 is 1.00 bits per heavy atom. The molecule has 0 aliphatic carbocycles. The Hall–Kier alpha value is -3.22. The molecule has 1 atom stereocenters. The summed E-state index contributed by atoms with van der Waals surface area (Å²) in [5.74, 6) is -0.694. The summed E-state index contributed by atoms with van der Waals surface area (Å²) >= 11 is 7.82. The Morgan fingerprint density at radius 2 is 1.72 bits per heavy atom. The molecule has 0 aliphatic rings. The van der Waals surface area contributed by atoms with Gasteiger partial charge >= 0.3 is 0 Å². The van der Waals surface area contributed by atoms with Crippen molar-refractivity contribution in [2.24, 2.45) is 0 Å². The number of amides is 2. The molecule has 1 heterocycles. The topological polar surface area (TPSA) is 74.0 Å². The van der Waals surface area contributed by atoms with Gasteiger partial charge in [0.25, 0.3) is 5.91 Å². The molecule has 2 amide bonds. The second-order valence-corrected chi connectivity index (χ2v) is 8.57. The Labute approximate surface area is 195 Å². The molecule has 0 saturated carbocycles. The van der Waals surface area contributed by atoms with Crippen LogP contribution in [0.4, 0.5) is 5.69 Å². The summed E-state index contributed by atoms with van der Waals surface area (Å²) in [6.07, 6.45) is 4.20. The number of hydrogen-bond donors (Lipinski definition) is 3. The van der Waals surface area contributed by atoms with Gasteiger partial charge in [-0.05, 0) is 54.3 Å². The molecule has 0 spiro atoms. The molecule has 0 saturated heterocycles. The molecule has 32 heavy (non-hydrogen) atoms. The first-order valence-corrected chi connectivity index (χ1v) is 11.7. The third-order valence-corrected chi connectivity index (χ3v) is 6.27. The van der Waals surface area contributed by atoms with Gasteiger partial charge < -0.3 is 15.6 Å². The minimum Gasteiger partial charge on any atom is -0.361 e. The van der Waals surface area contributed by atoms with Crippen molar-refractivity contribution < 1.29 is 9.59 Å². The van der Waals surface area contributed by atoms with E-state index in [1.807, 2.05) is 61.0 Å². The number of thioether (sulfide) groups is 1. The highest BCUT2D eigenvalue weighted by Crippen LogP contribution is 2.21. The smallest absolute Gasteiger partial charge is 0.253 e. The van der Waals surface area contributed by atoms with Crippen LogP contribution in [0.2, 0.25) is 5.02 Å². The number of anilines is 1. The summed E-state index contributed by atoms with van der Waals surface area (Å²) < 4.78 is 0. The lowest BCUT2D eigenvalue weighted by Crippen LogP contribution is -2.45. The van der Waals surface area contributed by atoms with Gasteiger partial charge in [-0.3, -0.25) is 9.59 Å². The Kier molecular flexibility index (Phi) is 6.83. The van der Waals surface area contributed by atoms with Crippen molar-refractivity contribution in [3.8, 4) is 0 Å². The molecular formula is C25H22ClN3O2S. The number of carbonyl (C=O) groups excluding carboxylic acids is 2. The molecular weight excluding hydrogens is 442 g/mol. The van der Waals surface area contributed by atoms with Gasteiger partial charge in [0.1, 0.15) is 6.04 Å². The number of benzene rings is 3. The van der Waals surface area contributed by atoms with Crippen LogP contribution in [-0.4, -0.2) is 29.1 Å². The van der Waals surface area contributed by atoms with Gasteiger partial charge in [0.2, 0.25) is 5.91 Å². The zero-order chi connectivity index (χ0) is 22.5.